The molecule has 1 aromatic carbocycles. The van der Waals surface area contributed by atoms with E-state index in [1.807, 2.05) is 0 Å². The van der Waals surface area contributed by atoms with Crippen LogP contribution in [0.2, 0.25) is 0 Å². The fraction of sp³-hybridized carbons (Fsp3) is 0.412. The van der Waals surface area contributed by atoms with Crippen molar-refractivity contribution >= 4 is 45.6 Å². The minimum absolute atomic E-state index is 0.0731. The zero-order chi connectivity index (χ0) is 26.5. The second-order valence-electron chi connectivity index (χ2n) is 6.58. The van der Waals surface area contributed by atoms with E-state index in [9.17, 15) is 44.3 Å². The molecule has 180 valence electrons. The number of alkyl halides is 6. The molecule has 17 heteroatoms. The molecule has 0 saturated carbocycles. The molecule has 0 bridgehead atoms. The number of ether oxygens (including phenoxy) is 2. The number of hydrogen-bond donors (Lipinski definition) is 1. The molecule has 1 rings (SSSR count). The molecule has 0 saturated heterocycles. The lowest BCUT2D eigenvalue weighted by Gasteiger charge is -2.35. The van der Waals surface area contributed by atoms with Crippen LogP contribution < -0.4 is 4.74 Å². The summed E-state index contributed by atoms with van der Waals surface area (Å²) in [5.74, 6) is -7.09. The second kappa shape index (κ2) is 10.9. The van der Waals surface area contributed by atoms with Gasteiger partial charge in [-0.25, -0.2) is 9.59 Å². The molecule has 1 N–H and O–H groups in total. The van der Waals surface area contributed by atoms with Crippen molar-refractivity contribution in [1.29, 1.82) is 0 Å². The summed E-state index contributed by atoms with van der Waals surface area (Å²) < 4.78 is 117. The quantitative estimate of drug-likeness (QED) is 0.135. The van der Waals surface area contributed by atoms with Gasteiger partial charge in [0.15, 0.2) is 0 Å². The number of carbonyl (C=O) groups excluding carboxylic acids is 2. The second-order valence-corrected chi connectivity index (χ2v) is 8.03. The zero-order valence-electron chi connectivity index (χ0n) is 16.9. The molecule has 0 amide bonds. The number of carbonyl (C=O) groups is 2. The Morgan fingerprint density at radius 1 is 0.882 bits per heavy atom. The molecule has 1 aromatic rings. The highest BCUT2D eigenvalue weighted by Gasteiger charge is 2.75. The molecular weight excluding hydrogens is 495 g/mol. The Morgan fingerprint density at radius 2 is 1.32 bits per heavy atom. The Labute approximate surface area is 193 Å². The minimum atomic E-state index is -6.51. The van der Waals surface area contributed by atoms with Crippen molar-refractivity contribution < 1.29 is 58.4 Å². The van der Waals surface area contributed by atoms with Crippen LogP contribution in [-0.2, 0) is 43.4 Å². The van der Waals surface area contributed by atoms with E-state index in [1.54, 1.807) is 0 Å². The van der Waals surface area contributed by atoms with E-state index in [4.69, 9.17) is 32.8 Å². The highest BCUT2D eigenvalue weighted by molar-refractivity contribution is 7.85. The Hall–Kier alpha value is -2.42. The molecule has 0 fully saturated rings. The summed E-state index contributed by atoms with van der Waals surface area (Å²) in [6.07, 6.45) is -13.3. The summed E-state index contributed by atoms with van der Waals surface area (Å²) in [5.41, 5.74) is -4.59. The lowest BCUT2D eigenvalue weighted by Crippen LogP contribution is -2.63. The molecule has 6 radical (unpaired) electrons. The third-order valence-corrected chi connectivity index (χ3v) is 4.88. The topological polar surface area (TPSA) is 107 Å². The van der Waals surface area contributed by atoms with E-state index in [2.05, 4.69) is 4.74 Å². The van der Waals surface area contributed by atoms with Crippen LogP contribution in [0, 0.1) is 0 Å². The fourth-order valence-corrected chi connectivity index (χ4v) is 3.48. The Kier molecular flexibility index (Phi) is 9.48. The molecule has 0 aliphatic rings. The number of rotatable bonds is 9. The highest BCUT2D eigenvalue weighted by Crippen LogP contribution is 2.46. The SMILES string of the molecule is [B]Cc1cc(C[B])c(OC(=O)/C=C\C(=O)OC(CS(=O)(=O)O)(C(F)(F)F)C(F)(F)F)c(C[B])c1. The van der Waals surface area contributed by atoms with E-state index in [0.29, 0.717) is 5.56 Å². The van der Waals surface area contributed by atoms with Gasteiger partial charge >= 0.3 is 29.9 Å². The van der Waals surface area contributed by atoms with Crippen LogP contribution in [0.1, 0.15) is 16.7 Å². The first-order valence-corrected chi connectivity index (χ1v) is 10.5. The number of halogens is 6. The average Bonchev–Trinajstić information content (AvgIpc) is 2.69. The molecule has 0 aliphatic heterocycles. The third kappa shape index (κ3) is 7.29. The van der Waals surface area contributed by atoms with Crippen molar-refractivity contribution in [1.82, 2.24) is 0 Å². The van der Waals surface area contributed by atoms with E-state index in [-0.39, 0.29) is 48.0 Å². The van der Waals surface area contributed by atoms with Gasteiger partial charge in [0.05, 0.1) is 23.5 Å². The van der Waals surface area contributed by atoms with Crippen LogP contribution in [0.4, 0.5) is 26.3 Å². The van der Waals surface area contributed by atoms with Crippen molar-refractivity contribution in [3.63, 3.8) is 0 Å². The van der Waals surface area contributed by atoms with Crippen molar-refractivity contribution in [3.05, 3.63) is 41.0 Å². The van der Waals surface area contributed by atoms with Crippen LogP contribution in [0.25, 0.3) is 0 Å². The summed E-state index contributed by atoms with van der Waals surface area (Å²) >= 11 is 0. The maximum atomic E-state index is 13.2. The molecule has 0 unspecified atom stereocenters. The minimum Gasteiger partial charge on any atom is -0.435 e. The van der Waals surface area contributed by atoms with Crippen LogP contribution in [0.15, 0.2) is 24.3 Å². The monoisotopic (exact) mass is 508 g/mol. The lowest BCUT2D eigenvalue weighted by molar-refractivity contribution is -0.360. The molecule has 0 heterocycles. The zero-order valence-corrected chi connectivity index (χ0v) is 17.8. The van der Waals surface area contributed by atoms with Gasteiger partial charge in [-0.2, -0.15) is 34.8 Å². The maximum absolute atomic E-state index is 13.2. The normalized spacial score (nSPS) is 13.1. The van der Waals surface area contributed by atoms with Gasteiger partial charge in [0, 0.05) is 12.2 Å². The first-order chi connectivity index (χ1) is 15.4. The summed E-state index contributed by atoms with van der Waals surface area (Å²) in [5, 5.41) is 0. The smallest absolute Gasteiger partial charge is 0.435 e. The van der Waals surface area contributed by atoms with Crippen LogP contribution >= 0.6 is 0 Å². The predicted molar refractivity (Wildman–Crippen MR) is 107 cm³/mol. The largest absolute Gasteiger partial charge is 0.438 e. The van der Waals surface area contributed by atoms with Crippen molar-refractivity contribution in [2.45, 2.75) is 36.9 Å². The summed E-state index contributed by atoms with van der Waals surface area (Å²) in [6, 6.07) is 2.91. The Balaban J connectivity index is 3.23. The van der Waals surface area contributed by atoms with Crippen molar-refractivity contribution in [3.8, 4) is 5.75 Å². The fourth-order valence-electron chi connectivity index (χ4n) is 2.58. The van der Waals surface area contributed by atoms with Crippen LogP contribution in [-0.4, -0.2) is 72.2 Å². The molecule has 0 aromatic heterocycles. The first kappa shape index (κ1) is 29.6. The molecule has 0 atom stereocenters. The van der Waals surface area contributed by atoms with Gasteiger partial charge in [0.25, 0.3) is 10.1 Å². The number of esters is 2. The standard InChI is InChI=1S/C17H13B3F6O7S/c18-5-9-3-10(6-19)14(11(4-9)7-20)32-12(27)1-2-13(28)33-15(16(21,22)23,17(24,25)26)8-34(29,30)31/h1-4H,5-8H2,(H,29,30,31)/b2-1-. The van der Waals surface area contributed by atoms with Gasteiger partial charge in [-0.1, -0.05) is 36.7 Å². The average molecular weight is 508 g/mol. The van der Waals surface area contributed by atoms with Crippen molar-refractivity contribution in [2.75, 3.05) is 5.75 Å². The van der Waals surface area contributed by atoms with Gasteiger partial charge in [0.1, 0.15) is 11.5 Å². The molecule has 0 spiro atoms. The number of benzene rings is 1. The van der Waals surface area contributed by atoms with Gasteiger partial charge < -0.3 is 9.47 Å². The van der Waals surface area contributed by atoms with Gasteiger partial charge in [-0.3, -0.25) is 4.55 Å². The van der Waals surface area contributed by atoms with E-state index in [0.717, 1.165) is 0 Å². The highest BCUT2D eigenvalue weighted by atomic mass is 32.2. The molecule has 0 aliphatic carbocycles. The first-order valence-electron chi connectivity index (χ1n) is 8.87. The van der Waals surface area contributed by atoms with E-state index >= 15 is 0 Å². The summed E-state index contributed by atoms with van der Waals surface area (Å²) in [6.45, 7) is 0. The third-order valence-electron chi connectivity index (χ3n) is 4.11. The van der Waals surface area contributed by atoms with Crippen LogP contribution in [0.3, 0.4) is 0 Å². The Morgan fingerprint density at radius 3 is 1.68 bits per heavy atom. The van der Waals surface area contributed by atoms with Crippen molar-refractivity contribution in [2.24, 2.45) is 0 Å². The lowest BCUT2D eigenvalue weighted by atomic mass is 9.85. The van der Waals surface area contributed by atoms with E-state index in [1.165, 1.54) is 12.1 Å². The molecule has 34 heavy (non-hydrogen) atoms. The van der Waals surface area contributed by atoms with Gasteiger partial charge in [0.2, 0.25) is 0 Å². The van der Waals surface area contributed by atoms with E-state index < -0.39 is 45.8 Å². The summed E-state index contributed by atoms with van der Waals surface area (Å²) in [7, 11) is 10.7. The molecule has 7 nitrogen and oxygen atoms in total. The number of hydrogen-bond acceptors (Lipinski definition) is 6. The maximum Gasteiger partial charge on any atom is 0.438 e. The Bertz CT molecular complexity index is 1020. The predicted octanol–water partition coefficient (Wildman–Crippen LogP) is 1.45. The van der Waals surface area contributed by atoms with Crippen LogP contribution in [0.5, 0.6) is 5.75 Å². The molecular formula is C17H13B3F6O7S. The summed E-state index contributed by atoms with van der Waals surface area (Å²) in [4.78, 5) is 23.7. The van der Waals surface area contributed by atoms with Gasteiger partial charge in [-0.05, 0) is 11.1 Å². The van der Waals surface area contributed by atoms with Gasteiger partial charge in [-0.15, -0.1) is 0 Å².